The van der Waals surface area contributed by atoms with Crippen LogP contribution in [0, 0.1) is 0 Å². The summed E-state index contributed by atoms with van der Waals surface area (Å²) in [7, 11) is 0. The first-order chi connectivity index (χ1) is 10.0. The number of rotatable bonds is 3. The predicted octanol–water partition coefficient (Wildman–Crippen LogP) is 3.58. The van der Waals surface area contributed by atoms with Crippen LogP contribution in [0.4, 0.5) is 0 Å². The molecule has 0 aromatic carbocycles. The quantitative estimate of drug-likeness (QED) is 0.782. The third kappa shape index (κ3) is 2.91. The Labute approximate surface area is 133 Å². The van der Waals surface area contributed by atoms with Gasteiger partial charge in [-0.1, -0.05) is 28.4 Å². The molecule has 0 aliphatic carbocycles. The maximum Gasteiger partial charge on any atom is 0.277 e. The summed E-state index contributed by atoms with van der Waals surface area (Å²) in [5, 5.41) is 7.27. The Balaban J connectivity index is 1.95. The summed E-state index contributed by atoms with van der Waals surface area (Å²) in [5.74, 6) is 0.572. The van der Waals surface area contributed by atoms with Gasteiger partial charge in [-0.05, 0) is 13.0 Å². The van der Waals surface area contributed by atoms with Crippen molar-refractivity contribution in [1.82, 2.24) is 20.1 Å². The highest BCUT2D eigenvalue weighted by molar-refractivity contribution is 7.10. The zero-order chi connectivity index (χ0) is 15.0. The number of nitrogens with two attached hydrogens (primary N) is 1. The van der Waals surface area contributed by atoms with Gasteiger partial charge in [-0.25, -0.2) is 9.97 Å². The summed E-state index contributed by atoms with van der Waals surface area (Å²) >= 11 is 13.3. The molecule has 108 valence electrons. The summed E-state index contributed by atoms with van der Waals surface area (Å²) in [6.45, 7) is 1.86. The Hall–Kier alpha value is -1.54. The van der Waals surface area contributed by atoms with Gasteiger partial charge >= 0.3 is 0 Å². The number of aromatic nitrogens is 4. The summed E-state index contributed by atoms with van der Waals surface area (Å²) < 4.78 is 5.19. The largest absolute Gasteiger partial charge is 0.332 e. The van der Waals surface area contributed by atoms with Crippen molar-refractivity contribution in [2.75, 3.05) is 0 Å². The average Bonchev–Trinajstić information content (AvgIpc) is 3.07. The number of thiazole rings is 1. The van der Waals surface area contributed by atoms with Gasteiger partial charge in [0.05, 0.1) is 16.1 Å². The molecule has 1 unspecified atom stereocenters. The van der Waals surface area contributed by atoms with Crippen LogP contribution in [0.2, 0.25) is 10.0 Å². The van der Waals surface area contributed by atoms with E-state index in [0.717, 1.165) is 5.01 Å². The number of hydrogen-bond acceptors (Lipinski definition) is 7. The summed E-state index contributed by atoms with van der Waals surface area (Å²) in [4.78, 5) is 12.7. The van der Waals surface area contributed by atoms with E-state index in [0.29, 0.717) is 27.3 Å². The molecule has 0 saturated heterocycles. The number of hydrogen-bond donors (Lipinski definition) is 1. The van der Waals surface area contributed by atoms with Gasteiger partial charge in [0.25, 0.3) is 5.89 Å². The van der Waals surface area contributed by atoms with Crippen molar-refractivity contribution in [3.8, 4) is 23.1 Å². The van der Waals surface area contributed by atoms with Crippen molar-refractivity contribution in [1.29, 1.82) is 0 Å². The van der Waals surface area contributed by atoms with Crippen molar-refractivity contribution in [3.63, 3.8) is 0 Å². The van der Waals surface area contributed by atoms with Gasteiger partial charge in [-0.3, -0.25) is 0 Å². The summed E-state index contributed by atoms with van der Waals surface area (Å²) in [5.41, 5.74) is 6.76. The number of halogens is 2. The van der Waals surface area contributed by atoms with Crippen LogP contribution in [0.3, 0.4) is 0 Å². The highest BCUT2D eigenvalue weighted by Crippen LogP contribution is 2.29. The van der Waals surface area contributed by atoms with Crippen molar-refractivity contribution in [2.24, 2.45) is 5.73 Å². The molecule has 0 saturated carbocycles. The fourth-order valence-electron chi connectivity index (χ4n) is 1.60. The topological polar surface area (TPSA) is 90.7 Å². The van der Waals surface area contributed by atoms with E-state index in [1.54, 1.807) is 6.07 Å². The van der Waals surface area contributed by atoms with E-state index in [1.165, 1.54) is 17.5 Å². The minimum atomic E-state index is -0.140. The molecule has 0 radical (unpaired) electrons. The molecule has 3 heterocycles. The SMILES string of the molecule is CC(N)c1nc(-c2nc(-c3ncc(Cl)cc3Cl)no2)cs1. The fraction of sp³-hybridized carbons (Fsp3) is 0.167. The molecule has 3 aromatic heterocycles. The second-order valence-electron chi connectivity index (χ2n) is 4.27. The molecule has 21 heavy (non-hydrogen) atoms. The Bertz CT molecular complexity index is 786. The molecule has 0 amide bonds. The standard InChI is InChI=1S/C12H9Cl2N5OS/c1-5(15)12-17-8(4-21-12)11-18-10(19-20-11)9-7(14)2-6(13)3-16-9/h2-5H,15H2,1H3. The molecule has 9 heteroatoms. The first-order valence-electron chi connectivity index (χ1n) is 5.91. The molecule has 3 aromatic rings. The van der Waals surface area contributed by atoms with E-state index in [9.17, 15) is 0 Å². The lowest BCUT2D eigenvalue weighted by molar-refractivity contribution is 0.431. The molecule has 6 nitrogen and oxygen atoms in total. The van der Waals surface area contributed by atoms with Gasteiger partial charge in [0, 0.05) is 11.6 Å². The Morgan fingerprint density at radius 3 is 2.81 bits per heavy atom. The van der Waals surface area contributed by atoms with E-state index in [-0.39, 0.29) is 11.9 Å². The normalized spacial score (nSPS) is 12.6. The lowest BCUT2D eigenvalue weighted by atomic mass is 10.3. The minimum absolute atomic E-state index is 0.140. The average molecular weight is 342 g/mol. The first kappa shape index (κ1) is 14.4. The Morgan fingerprint density at radius 1 is 1.33 bits per heavy atom. The van der Waals surface area contributed by atoms with E-state index < -0.39 is 0 Å². The molecule has 0 bridgehead atoms. The van der Waals surface area contributed by atoms with Crippen LogP contribution in [0.5, 0.6) is 0 Å². The smallest absolute Gasteiger partial charge is 0.277 e. The second-order valence-corrected chi connectivity index (χ2v) is 6.00. The van der Waals surface area contributed by atoms with Crippen LogP contribution < -0.4 is 5.73 Å². The second kappa shape index (κ2) is 5.69. The number of pyridine rings is 1. The highest BCUT2D eigenvalue weighted by atomic mass is 35.5. The molecule has 0 spiro atoms. The van der Waals surface area contributed by atoms with Gasteiger partial charge in [0.15, 0.2) is 0 Å². The molecule has 2 N–H and O–H groups in total. The molecule has 1 atom stereocenters. The minimum Gasteiger partial charge on any atom is -0.332 e. The van der Waals surface area contributed by atoms with E-state index >= 15 is 0 Å². The number of nitrogens with zero attached hydrogens (tertiary/aromatic N) is 4. The van der Waals surface area contributed by atoms with Crippen LogP contribution in [-0.2, 0) is 0 Å². The van der Waals surface area contributed by atoms with Crippen LogP contribution in [0.1, 0.15) is 18.0 Å². The van der Waals surface area contributed by atoms with Gasteiger partial charge in [-0.2, -0.15) is 4.98 Å². The molecule has 3 rings (SSSR count). The van der Waals surface area contributed by atoms with E-state index in [1.807, 2.05) is 12.3 Å². The fourth-order valence-corrected chi connectivity index (χ4v) is 2.81. The third-order valence-corrected chi connectivity index (χ3v) is 4.12. The maximum atomic E-state index is 6.07. The molecular formula is C12H9Cl2N5OS. The van der Waals surface area contributed by atoms with Crippen molar-refractivity contribution < 1.29 is 4.52 Å². The molecule has 0 aliphatic heterocycles. The van der Waals surface area contributed by atoms with E-state index in [2.05, 4.69) is 20.1 Å². The van der Waals surface area contributed by atoms with Gasteiger partial charge < -0.3 is 10.3 Å². The van der Waals surface area contributed by atoms with Crippen molar-refractivity contribution in [2.45, 2.75) is 13.0 Å². The maximum absolute atomic E-state index is 6.07. The van der Waals surface area contributed by atoms with Crippen LogP contribution >= 0.6 is 34.5 Å². The van der Waals surface area contributed by atoms with Crippen LogP contribution in [0.15, 0.2) is 22.2 Å². The lowest BCUT2D eigenvalue weighted by Crippen LogP contribution is -2.03. The first-order valence-corrected chi connectivity index (χ1v) is 7.54. The monoisotopic (exact) mass is 341 g/mol. The summed E-state index contributed by atoms with van der Waals surface area (Å²) in [6, 6.07) is 1.43. The molecular weight excluding hydrogens is 333 g/mol. The van der Waals surface area contributed by atoms with Crippen LogP contribution in [0.25, 0.3) is 23.1 Å². The third-order valence-electron chi connectivity index (χ3n) is 2.58. The van der Waals surface area contributed by atoms with Gasteiger partial charge in [-0.15, -0.1) is 11.3 Å². The molecule has 0 aliphatic rings. The lowest BCUT2D eigenvalue weighted by Gasteiger charge is -1.97. The zero-order valence-electron chi connectivity index (χ0n) is 10.7. The van der Waals surface area contributed by atoms with Gasteiger partial charge in [0.1, 0.15) is 16.4 Å². The van der Waals surface area contributed by atoms with Crippen molar-refractivity contribution in [3.05, 3.63) is 32.7 Å². The predicted molar refractivity (Wildman–Crippen MR) is 81.3 cm³/mol. The van der Waals surface area contributed by atoms with Crippen LogP contribution in [-0.4, -0.2) is 20.1 Å². The van der Waals surface area contributed by atoms with Gasteiger partial charge in [0.2, 0.25) is 5.82 Å². The van der Waals surface area contributed by atoms with E-state index in [4.69, 9.17) is 33.5 Å². The molecule has 0 fully saturated rings. The van der Waals surface area contributed by atoms with Crippen molar-refractivity contribution >= 4 is 34.5 Å². The summed E-state index contributed by atoms with van der Waals surface area (Å²) in [6.07, 6.45) is 1.47. The Morgan fingerprint density at radius 2 is 2.14 bits per heavy atom. The zero-order valence-corrected chi connectivity index (χ0v) is 13.1. The highest BCUT2D eigenvalue weighted by Gasteiger charge is 2.17. The Kier molecular flexibility index (Phi) is 3.90.